The molecule has 6 heteroatoms. The van der Waals surface area contributed by atoms with E-state index in [0.29, 0.717) is 6.54 Å². The van der Waals surface area contributed by atoms with Gasteiger partial charge in [-0.1, -0.05) is 0 Å². The van der Waals surface area contributed by atoms with Crippen LogP contribution < -0.4 is 5.32 Å². The number of rotatable bonds is 3. The zero-order valence-electron chi connectivity index (χ0n) is 8.68. The Kier molecular flexibility index (Phi) is 3.40. The van der Waals surface area contributed by atoms with Crippen LogP contribution in [0.15, 0.2) is 29.0 Å². The third-order valence-electron chi connectivity index (χ3n) is 1.88. The average Bonchev–Trinajstić information content (AvgIpc) is 2.27. The van der Waals surface area contributed by atoms with Crippen molar-refractivity contribution >= 4 is 21.7 Å². The van der Waals surface area contributed by atoms with Crippen molar-refractivity contribution in [3.05, 3.63) is 40.5 Å². The smallest absolute Gasteiger partial charge is 0.131 e. The van der Waals surface area contributed by atoms with Crippen molar-refractivity contribution in [2.24, 2.45) is 0 Å². The molecule has 0 atom stereocenters. The van der Waals surface area contributed by atoms with Gasteiger partial charge in [-0.2, -0.15) is 10.2 Å². The summed E-state index contributed by atoms with van der Waals surface area (Å²) in [6.45, 7) is 2.44. The Hall–Kier alpha value is -1.56. The summed E-state index contributed by atoms with van der Waals surface area (Å²) in [5, 5.41) is 10.9. The van der Waals surface area contributed by atoms with Gasteiger partial charge in [0.15, 0.2) is 0 Å². The molecule has 0 saturated carbocycles. The highest BCUT2D eigenvalue weighted by atomic mass is 79.9. The van der Waals surface area contributed by atoms with Gasteiger partial charge in [0.1, 0.15) is 16.2 Å². The molecule has 2 rings (SSSR count). The lowest BCUT2D eigenvalue weighted by Gasteiger charge is -2.05. The molecule has 2 aromatic heterocycles. The first kappa shape index (κ1) is 10.9. The summed E-state index contributed by atoms with van der Waals surface area (Å²) in [6.07, 6.45) is 1.65. The van der Waals surface area contributed by atoms with Crippen molar-refractivity contribution in [3.8, 4) is 0 Å². The summed E-state index contributed by atoms with van der Waals surface area (Å²) in [7, 11) is 0. The van der Waals surface area contributed by atoms with Crippen LogP contribution in [0, 0.1) is 6.92 Å². The van der Waals surface area contributed by atoms with Crippen LogP contribution in [0.5, 0.6) is 0 Å². The van der Waals surface area contributed by atoms with E-state index in [4.69, 9.17) is 0 Å². The molecule has 0 aliphatic heterocycles. The van der Waals surface area contributed by atoms with Crippen LogP contribution >= 0.6 is 15.9 Å². The molecule has 2 heterocycles. The van der Waals surface area contributed by atoms with Crippen molar-refractivity contribution in [2.45, 2.75) is 13.5 Å². The molecular formula is C10H10BrN5. The Bertz CT molecular complexity index is 454. The topological polar surface area (TPSA) is 63.6 Å². The van der Waals surface area contributed by atoms with E-state index >= 15 is 0 Å². The molecule has 0 bridgehead atoms. The van der Waals surface area contributed by atoms with Crippen LogP contribution in [0.2, 0.25) is 0 Å². The molecule has 0 aliphatic carbocycles. The van der Waals surface area contributed by atoms with Gasteiger partial charge in [0, 0.05) is 12.3 Å². The molecule has 2 aromatic rings. The normalized spacial score (nSPS) is 10.1. The number of nitrogens with zero attached hydrogens (tertiary/aromatic N) is 4. The highest BCUT2D eigenvalue weighted by Crippen LogP contribution is 2.12. The second kappa shape index (κ2) is 4.98. The van der Waals surface area contributed by atoms with Gasteiger partial charge in [0.05, 0.1) is 12.2 Å². The molecule has 16 heavy (non-hydrogen) atoms. The van der Waals surface area contributed by atoms with Crippen LogP contribution in [0.25, 0.3) is 0 Å². The quantitative estimate of drug-likeness (QED) is 0.870. The Morgan fingerprint density at radius 1 is 1.38 bits per heavy atom. The predicted molar refractivity (Wildman–Crippen MR) is 63.8 cm³/mol. The van der Waals surface area contributed by atoms with E-state index in [9.17, 15) is 0 Å². The lowest BCUT2D eigenvalue weighted by Crippen LogP contribution is -2.05. The summed E-state index contributed by atoms with van der Waals surface area (Å²) in [4.78, 5) is 8.38. The first-order chi connectivity index (χ1) is 7.74. The second-order valence-electron chi connectivity index (χ2n) is 3.19. The van der Waals surface area contributed by atoms with E-state index in [0.717, 1.165) is 21.9 Å². The van der Waals surface area contributed by atoms with Crippen molar-refractivity contribution < 1.29 is 0 Å². The summed E-state index contributed by atoms with van der Waals surface area (Å²) in [6, 6.07) is 5.58. The molecule has 0 spiro atoms. The Labute approximate surface area is 101 Å². The number of anilines is 1. The fraction of sp³-hybridized carbons (Fsp3) is 0.200. The van der Waals surface area contributed by atoms with Crippen molar-refractivity contribution in [2.75, 3.05) is 5.32 Å². The minimum Gasteiger partial charge on any atom is -0.364 e. The maximum Gasteiger partial charge on any atom is 0.131 e. The fourth-order valence-corrected chi connectivity index (χ4v) is 1.70. The third kappa shape index (κ3) is 2.96. The molecule has 0 fully saturated rings. The summed E-state index contributed by atoms with van der Waals surface area (Å²) in [5.41, 5.74) is 0.870. The molecule has 0 radical (unpaired) electrons. The standard InChI is InChI=1S/C10H10BrN5/c1-7-14-9(11)5-10(15-7)12-6-8-3-2-4-13-16-8/h2-5H,6H2,1H3,(H,12,14,15). The number of hydrogen-bond donors (Lipinski definition) is 1. The molecule has 1 N–H and O–H groups in total. The Morgan fingerprint density at radius 2 is 2.25 bits per heavy atom. The number of aromatic nitrogens is 4. The molecule has 5 nitrogen and oxygen atoms in total. The van der Waals surface area contributed by atoms with Gasteiger partial charge in [-0.15, -0.1) is 0 Å². The van der Waals surface area contributed by atoms with Crippen LogP contribution in [-0.2, 0) is 6.54 Å². The zero-order chi connectivity index (χ0) is 11.4. The van der Waals surface area contributed by atoms with Crippen LogP contribution in [-0.4, -0.2) is 20.2 Å². The van der Waals surface area contributed by atoms with E-state index in [1.165, 1.54) is 0 Å². The van der Waals surface area contributed by atoms with Gasteiger partial charge in [0.25, 0.3) is 0 Å². The molecule has 0 aliphatic rings. The van der Waals surface area contributed by atoms with Gasteiger partial charge in [-0.05, 0) is 35.0 Å². The fourth-order valence-electron chi connectivity index (χ4n) is 1.23. The van der Waals surface area contributed by atoms with Crippen LogP contribution in [0.4, 0.5) is 5.82 Å². The number of nitrogens with one attached hydrogen (secondary N) is 1. The predicted octanol–water partition coefficient (Wildman–Crippen LogP) is 1.95. The molecule has 82 valence electrons. The largest absolute Gasteiger partial charge is 0.364 e. The first-order valence-electron chi connectivity index (χ1n) is 4.76. The Balaban J connectivity index is 2.05. The zero-order valence-corrected chi connectivity index (χ0v) is 10.3. The van der Waals surface area contributed by atoms with Gasteiger partial charge in [-0.25, -0.2) is 9.97 Å². The van der Waals surface area contributed by atoms with Gasteiger partial charge >= 0.3 is 0 Å². The maximum absolute atomic E-state index is 4.25. The average molecular weight is 280 g/mol. The third-order valence-corrected chi connectivity index (χ3v) is 2.29. The molecule has 0 unspecified atom stereocenters. The molecule has 0 amide bonds. The minimum absolute atomic E-state index is 0.594. The summed E-state index contributed by atoms with van der Waals surface area (Å²) in [5.74, 6) is 1.49. The summed E-state index contributed by atoms with van der Waals surface area (Å²) >= 11 is 3.32. The second-order valence-corrected chi connectivity index (χ2v) is 4.00. The monoisotopic (exact) mass is 279 g/mol. The van der Waals surface area contributed by atoms with E-state index in [-0.39, 0.29) is 0 Å². The SMILES string of the molecule is Cc1nc(Br)cc(NCc2cccnn2)n1. The molecule has 0 aromatic carbocycles. The number of halogens is 1. The Morgan fingerprint density at radius 3 is 2.94 bits per heavy atom. The first-order valence-corrected chi connectivity index (χ1v) is 5.55. The van der Waals surface area contributed by atoms with Gasteiger partial charge in [-0.3, -0.25) is 0 Å². The lowest BCUT2D eigenvalue weighted by atomic mass is 10.4. The number of aryl methyl sites for hydroxylation is 1. The highest BCUT2D eigenvalue weighted by molar-refractivity contribution is 9.10. The van der Waals surface area contributed by atoms with Crippen molar-refractivity contribution in [1.82, 2.24) is 20.2 Å². The lowest BCUT2D eigenvalue weighted by molar-refractivity contribution is 0.914. The molecule has 0 saturated heterocycles. The van der Waals surface area contributed by atoms with E-state index in [2.05, 4.69) is 41.4 Å². The summed E-state index contributed by atoms with van der Waals surface area (Å²) < 4.78 is 0.765. The molecular weight excluding hydrogens is 270 g/mol. The maximum atomic E-state index is 4.25. The van der Waals surface area contributed by atoms with E-state index in [1.807, 2.05) is 25.1 Å². The van der Waals surface area contributed by atoms with E-state index in [1.54, 1.807) is 6.20 Å². The van der Waals surface area contributed by atoms with E-state index < -0.39 is 0 Å². The van der Waals surface area contributed by atoms with Gasteiger partial charge in [0.2, 0.25) is 0 Å². The minimum atomic E-state index is 0.594. The van der Waals surface area contributed by atoms with Crippen LogP contribution in [0.3, 0.4) is 0 Å². The van der Waals surface area contributed by atoms with Crippen LogP contribution in [0.1, 0.15) is 11.5 Å². The van der Waals surface area contributed by atoms with Crippen molar-refractivity contribution in [1.29, 1.82) is 0 Å². The van der Waals surface area contributed by atoms with Gasteiger partial charge < -0.3 is 5.32 Å². The highest BCUT2D eigenvalue weighted by Gasteiger charge is 2.00. The number of hydrogen-bond acceptors (Lipinski definition) is 5. The van der Waals surface area contributed by atoms with Crippen molar-refractivity contribution in [3.63, 3.8) is 0 Å².